The first-order chi connectivity index (χ1) is 9.13. The molecule has 0 saturated heterocycles. The van der Waals surface area contributed by atoms with Crippen molar-refractivity contribution >= 4 is 46.4 Å². The van der Waals surface area contributed by atoms with E-state index < -0.39 is 34.3 Å². The molecular formula is C11H12Cl4F2O3. The van der Waals surface area contributed by atoms with E-state index in [-0.39, 0.29) is 29.7 Å². The minimum atomic E-state index is -3.50. The van der Waals surface area contributed by atoms with Crippen LogP contribution >= 0.6 is 46.4 Å². The standard InChI is InChI=1S/C11H12Cl4F2O3/c12-7-8(13)10(15)5(3-20-4-6(19)2-18)1-9(7,14)11(10,16)17/h5-6,18-19H,1-4H2. The van der Waals surface area contributed by atoms with Gasteiger partial charge in [-0.1, -0.05) is 23.2 Å². The van der Waals surface area contributed by atoms with Crippen LogP contribution in [0.1, 0.15) is 6.42 Å². The number of allylic oxidation sites excluding steroid dienone is 2. The summed E-state index contributed by atoms with van der Waals surface area (Å²) in [6.07, 6.45) is -1.27. The molecule has 0 aliphatic heterocycles. The van der Waals surface area contributed by atoms with Gasteiger partial charge in [-0.2, -0.15) is 0 Å². The molecule has 2 N–H and O–H groups in total. The van der Waals surface area contributed by atoms with E-state index in [4.69, 9.17) is 61.4 Å². The van der Waals surface area contributed by atoms with Gasteiger partial charge in [0, 0.05) is 5.92 Å². The minimum Gasteiger partial charge on any atom is -0.394 e. The molecule has 4 unspecified atom stereocenters. The van der Waals surface area contributed by atoms with E-state index >= 15 is 0 Å². The molecule has 2 aliphatic rings. The normalized spacial score (nSPS) is 40.5. The summed E-state index contributed by atoms with van der Waals surface area (Å²) in [6.45, 7) is -0.861. The van der Waals surface area contributed by atoms with Gasteiger partial charge in [0.1, 0.15) is 11.0 Å². The highest BCUT2D eigenvalue weighted by atomic mass is 35.5. The van der Waals surface area contributed by atoms with Gasteiger partial charge in [-0.15, -0.1) is 23.2 Å². The topological polar surface area (TPSA) is 49.7 Å². The van der Waals surface area contributed by atoms with E-state index in [1.807, 2.05) is 0 Å². The summed E-state index contributed by atoms with van der Waals surface area (Å²) in [5.74, 6) is -4.35. The summed E-state index contributed by atoms with van der Waals surface area (Å²) in [5, 5.41) is 17.1. The fourth-order valence-electron chi connectivity index (χ4n) is 2.60. The Hall–Kier alpha value is 0.640. The highest BCUT2D eigenvalue weighted by Gasteiger charge is 2.81. The van der Waals surface area contributed by atoms with Gasteiger partial charge in [0.05, 0.1) is 29.9 Å². The predicted molar refractivity (Wildman–Crippen MR) is 72.9 cm³/mol. The summed E-state index contributed by atoms with van der Waals surface area (Å²) in [7, 11) is 0. The van der Waals surface area contributed by atoms with Crippen LogP contribution in [0, 0.1) is 5.92 Å². The number of alkyl halides is 4. The molecule has 0 radical (unpaired) electrons. The molecule has 0 aromatic carbocycles. The van der Waals surface area contributed by atoms with Gasteiger partial charge in [-0.25, -0.2) is 8.78 Å². The molecular weight excluding hydrogens is 360 g/mol. The molecule has 20 heavy (non-hydrogen) atoms. The molecule has 0 aromatic rings. The highest BCUT2D eigenvalue weighted by molar-refractivity contribution is 6.51. The Kier molecular flexibility index (Phi) is 4.57. The van der Waals surface area contributed by atoms with E-state index in [0.717, 1.165) is 0 Å². The van der Waals surface area contributed by atoms with Crippen LogP contribution in [0.15, 0.2) is 10.1 Å². The fraction of sp³-hybridized carbons (Fsp3) is 0.818. The first-order valence-corrected chi connectivity index (χ1v) is 7.32. The third-order valence-corrected chi connectivity index (χ3v) is 6.35. The van der Waals surface area contributed by atoms with E-state index in [0.29, 0.717) is 0 Å². The molecule has 3 nitrogen and oxygen atoms in total. The molecule has 2 aliphatic carbocycles. The number of hydrogen-bond acceptors (Lipinski definition) is 3. The number of ether oxygens (including phenoxy) is 1. The third-order valence-electron chi connectivity index (χ3n) is 3.74. The van der Waals surface area contributed by atoms with Crippen molar-refractivity contribution in [1.82, 2.24) is 0 Å². The fourth-order valence-corrected chi connectivity index (χ4v) is 4.35. The molecule has 0 heterocycles. The lowest BCUT2D eigenvalue weighted by molar-refractivity contribution is -0.0363. The van der Waals surface area contributed by atoms with Crippen molar-refractivity contribution in [3.8, 4) is 0 Å². The zero-order chi connectivity index (χ0) is 15.3. The molecule has 2 rings (SSSR count). The Morgan fingerprint density at radius 3 is 2.35 bits per heavy atom. The quantitative estimate of drug-likeness (QED) is 0.730. The van der Waals surface area contributed by atoms with Crippen molar-refractivity contribution in [2.24, 2.45) is 5.92 Å². The number of fused-ring (bicyclic) bond motifs is 2. The lowest BCUT2D eigenvalue weighted by atomic mass is 9.92. The van der Waals surface area contributed by atoms with Crippen molar-refractivity contribution in [3.05, 3.63) is 10.1 Å². The van der Waals surface area contributed by atoms with E-state index in [2.05, 4.69) is 0 Å². The van der Waals surface area contributed by atoms with Gasteiger partial charge >= 0.3 is 0 Å². The van der Waals surface area contributed by atoms with Crippen molar-refractivity contribution in [2.45, 2.75) is 28.2 Å². The largest absolute Gasteiger partial charge is 0.394 e. The summed E-state index contributed by atoms with van der Waals surface area (Å²) in [6, 6.07) is 0. The van der Waals surface area contributed by atoms with Crippen LogP contribution in [0.4, 0.5) is 8.78 Å². The molecule has 0 aromatic heterocycles. The maximum Gasteiger partial charge on any atom is 0.295 e. The molecule has 9 heteroatoms. The van der Waals surface area contributed by atoms with Crippen molar-refractivity contribution in [2.75, 3.05) is 19.8 Å². The molecule has 2 bridgehead atoms. The van der Waals surface area contributed by atoms with Crippen LogP contribution in [0.25, 0.3) is 0 Å². The van der Waals surface area contributed by atoms with Crippen LogP contribution < -0.4 is 0 Å². The Morgan fingerprint density at radius 1 is 1.30 bits per heavy atom. The average molecular weight is 372 g/mol. The zero-order valence-electron chi connectivity index (χ0n) is 10.1. The van der Waals surface area contributed by atoms with Gasteiger partial charge in [-0.3, -0.25) is 0 Å². The summed E-state index contributed by atoms with van der Waals surface area (Å²) in [5.41, 5.74) is 0. The number of hydrogen-bond donors (Lipinski definition) is 2. The number of rotatable bonds is 5. The maximum absolute atomic E-state index is 14.3. The summed E-state index contributed by atoms with van der Waals surface area (Å²) in [4.78, 5) is -4.31. The molecule has 116 valence electrons. The van der Waals surface area contributed by atoms with Gasteiger partial charge < -0.3 is 14.9 Å². The first-order valence-electron chi connectivity index (χ1n) is 5.81. The first kappa shape index (κ1) is 17.0. The number of aliphatic hydroxyl groups is 2. The zero-order valence-corrected chi connectivity index (χ0v) is 13.1. The second-order valence-electron chi connectivity index (χ2n) is 4.99. The van der Waals surface area contributed by atoms with E-state index in [1.165, 1.54) is 0 Å². The Balaban J connectivity index is 2.16. The number of halogens is 6. The van der Waals surface area contributed by atoms with Crippen molar-refractivity contribution in [3.63, 3.8) is 0 Å². The van der Waals surface area contributed by atoms with E-state index in [9.17, 15) is 8.78 Å². The van der Waals surface area contributed by atoms with Gasteiger partial charge in [0.15, 0.2) is 4.87 Å². The minimum absolute atomic E-state index is 0.176. The smallest absolute Gasteiger partial charge is 0.295 e. The van der Waals surface area contributed by atoms with E-state index in [1.54, 1.807) is 0 Å². The lowest BCUT2D eigenvalue weighted by Gasteiger charge is -2.31. The van der Waals surface area contributed by atoms with Gasteiger partial charge in [-0.05, 0) is 6.42 Å². The predicted octanol–water partition coefficient (Wildman–Crippen LogP) is 2.67. The second kappa shape index (κ2) is 5.37. The van der Waals surface area contributed by atoms with Crippen molar-refractivity contribution in [1.29, 1.82) is 0 Å². The highest BCUT2D eigenvalue weighted by Crippen LogP contribution is 2.72. The van der Waals surface area contributed by atoms with Gasteiger partial charge in [0.2, 0.25) is 0 Å². The van der Waals surface area contributed by atoms with Gasteiger partial charge in [0.25, 0.3) is 5.92 Å². The maximum atomic E-state index is 14.3. The monoisotopic (exact) mass is 370 g/mol. The van der Waals surface area contributed by atoms with Crippen LogP contribution in [-0.4, -0.2) is 51.8 Å². The van der Waals surface area contributed by atoms with Crippen LogP contribution in [0.5, 0.6) is 0 Å². The second-order valence-corrected chi connectivity index (χ2v) is 6.99. The lowest BCUT2D eigenvalue weighted by Crippen LogP contribution is -2.47. The Labute approximate surface area is 134 Å². The molecule has 1 fully saturated rings. The molecule has 4 atom stereocenters. The molecule has 0 amide bonds. The van der Waals surface area contributed by atoms with Crippen LogP contribution in [0.2, 0.25) is 0 Å². The van der Waals surface area contributed by atoms with Crippen LogP contribution in [0.3, 0.4) is 0 Å². The number of aliphatic hydroxyl groups excluding tert-OH is 2. The Bertz CT molecular complexity index is 447. The van der Waals surface area contributed by atoms with Crippen LogP contribution in [-0.2, 0) is 4.74 Å². The SMILES string of the molecule is OCC(O)COCC1CC2(Cl)C(Cl)=C(Cl)C1(Cl)C2(F)F. The molecule has 1 saturated carbocycles. The van der Waals surface area contributed by atoms with Crippen molar-refractivity contribution < 1.29 is 23.7 Å². The average Bonchev–Trinajstić information content (AvgIpc) is 2.61. The Morgan fingerprint density at radius 2 is 1.90 bits per heavy atom. The molecule has 0 spiro atoms. The summed E-state index contributed by atoms with van der Waals surface area (Å²) >= 11 is 23.6. The summed E-state index contributed by atoms with van der Waals surface area (Å²) < 4.78 is 33.8. The third kappa shape index (κ3) is 2.02.